The normalized spacial score (nSPS) is 10.6. The zero-order chi connectivity index (χ0) is 13.7. The van der Waals surface area contributed by atoms with Crippen LogP contribution in [0.25, 0.3) is 0 Å². The summed E-state index contributed by atoms with van der Waals surface area (Å²) in [6.45, 7) is -1.08. The fourth-order valence-corrected chi connectivity index (χ4v) is 2.26. The summed E-state index contributed by atoms with van der Waals surface area (Å²) in [5.41, 5.74) is 0.660. The maximum absolute atomic E-state index is 12.3. The van der Waals surface area contributed by atoms with E-state index in [2.05, 4.69) is 36.6 Å². The van der Waals surface area contributed by atoms with Crippen LogP contribution in [0.3, 0.4) is 0 Å². The van der Waals surface area contributed by atoms with Crippen LogP contribution in [-0.4, -0.2) is 19.2 Å². The molecule has 0 N–H and O–H groups in total. The third-order valence-electron chi connectivity index (χ3n) is 2.01. The minimum absolute atomic E-state index is 0.0480. The molecule has 0 aromatic heterocycles. The van der Waals surface area contributed by atoms with Crippen LogP contribution in [0.15, 0.2) is 16.6 Å². The van der Waals surface area contributed by atoms with E-state index < -0.39 is 12.6 Å². The molecule has 0 bridgehead atoms. The molecule has 0 unspecified atom stereocenters. The quantitative estimate of drug-likeness (QED) is 0.563. The lowest BCUT2D eigenvalue weighted by molar-refractivity contribution is -0.0504. The Morgan fingerprint density at radius 2 is 2.11 bits per heavy atom. The van der Waals surface area contributed by atoms with E-state index in [1.54, 1.807) is 13.0 Å². The van der Waals surface area contributed by atoms with Gasteiger partial charge in [-0.25, -0.2) is 4.79 Å². The smallest absolute Gasteiger partial charge is 0.387 e. The summed E-state index contributed by atoms with van der Waals surface area (Å²) in [6, 6.07) is 2.78. The number of hydrogen-bond donors (Lipinski definition) is 0. The van der Waals surface area contributed by atoms with Crippen molar-refractivity contribution in [3.63, 3.8) is 0 Å². The molecular weight excluding hydrogens is 378 g/mol. The number of halogens is 4. The second-order valence-electron chi connectivity index (χ2n) is 3.17. The van der Waals surface area contributed by atoms with Crippen LogP contribution in [0, 0.1) is 0 Å². The zero-order valence-electron chi connectivity index (χ0n) is 9.38. The van der Waals surface area contributed by atoms with E-state index in [9.17, 15) is 13.6 Å². The Balaban J connectivity index is 3.16. The molecule has 0 radical (unpaired) electrons. The van der Waals surface area contributed by atoms with E-state index in [0.29, 0.717) is 15.4 Å². The second kappa shape index (κ2) is 7.04. The summed E-state index contributed by atoms with van der Waals surface area (Å²) in [6.07, 6.45) is 0. The van der Waals surface area contributed by atoms with E-state index >= 15 is 0 Å². The van der Waals surface area contributed by atoms with Gasteiger partial charge in [0.25, 0.3) is 0 Å². The number of esters is 1. The van der Waals surface area contributed by atoms with Gasteiger partial charge in [-0.15, -0.1) is 0 Å². The minimum atomic E-state index is -2.95. The average Bonchev–Trinajstić information content (AvgIpc) is 2.30. The number of ether oxygens (including phenoxy) is 2. The van der Waals surface area contributed by atoms with Crippen LogP contribution in [-0.2, 0) is 10.1 Å². The highest BCUT2D eigenvalue weighted by atomic mass is 79.9. The van der Waals surface area contributed by atoms with Crippen LogP contribution in [0.2, 0.25) is 0 Å². The molecule has 3 nitrogen and oxygen atoms in total. The van der Waals surface area contributed by atoms with E-state index in [0.717, 1.165) is 0 Å². The molecule has 18 heavy (non-hydrogen) atoms. The van der Waals surface area contributed by atoms with Gasteiger partial charge in [-0.3, -0.25) is 0 Å². The van der Waals surface area contributed by atoms with Gasteiger partial charge in [0, 0.05) is 15.4 Å². The maximum atomic E-state index is 12.3. The molecule has 0 amide bonds. The Kier molecular flexibility index (Phi) is 6.01. The van der Waals surface area contributed by atoms with Gasteiger partial charge in [0.2, 0.25) is 0 Å². The number of carbonyl (C=O) groups is 1. The van der Waals surface area contributed by atoms with Gasteiger partial charge in [0.1, 0.15) is 5.75 Å². The molecule has 0 heterocycles. The standard InChI is InChI=1S/C11H10Br2F2O3/c1-2-17-10(16)7-4-9(18-11(14)15)6(5-12)3-8(7)13/h3-4,11H,2,5H2,1H3. The Morgan fingerprint density at radius 3 is 2.61 bits per heavy atom. The first-order chi connectivity index (χ1) is 8.49. The van der Waals surface area contributed by atoms with Crippen molar-refractivity contribution >= 4 is 37.8 Å². The molecule has 0 saturated carbocycles. The fraction of sp³-hybridized carbons (Fsp3) is 0.364. The summed E-state index contributed by atoms with van der Waals surface area (Å²) in [4.78, 5) is 11.6. The van der Waals surface area contributed by atoms with Gasteiger partial charge in [-0.2, -0.15) is 8.78 Å². The van der Waals surface area contributed by atoms with Gasteiger partial charge in [-0.05, 0) is 35.0 Å². The van der Waals surface area contributed by atoms with E-state index in [1.807, 2.05) is 0 Å². The van der Waals surface area contributed by atoms with Gasteiger partial charge in [0.05, 0.1) is 12.2 Å². The van der Waals surface area contributed by atoms with Crippen molar-refractivity contribution in [1.29, 1.82) is 0 Å². The van der Waals surface area contributed by atoms with Crippen molar-refractivity contribution in [1.82, 2.24) is 0 Å². The molecule has 0 fully saturated rings. The van der Waals surface area contributed by atoms with Gasteiger partial charge in [-0.1, -0.05) is 15.9 Å². The molecule has 0 aliphatic carbocycles. The first kappa shape index (κ1) is 15.4. The van der Waals surface area contributed by atoms with Crippen LogP contribution < -0.4 is 4.74 Å². The molecule has 1 rings (SSSR count). The third kappa shape index (κ3) is 3.91. The van der Waals surface area contributed by atoms with E-state index in [4.69, 9.17) is 4.74 Å². The number of hydrogen-bond acceptors (Lipinski definition) is 3. The first-order valence-electron chi connectivity index (χ1n) is 4.99. The SMILES string of the molecule is CCOC(=O)c1cc(OC(F)F)c(CBr)cc1Br. The fourth-order valence-electron chi connectivity index (χ4n) is 1.27. The molecule has 0 saturated heterocycles. The van der Waals surface area contributed by atoms with Crippen LogP contribution in [0.4, 0.5) is 8.78 Å². The number of benzene rings is 1. The predicted molar refractivity (Wildman–Crippen MR) is 69.4 cm³/mol. The Labute approximate surface area is 120 Å². The molecule has 100 valence electrons. The molecular formula is C11H10Br2F2O3. The summed E-state index contributed by atoms with van der Waals surface area (Å²) in [5.74, 6) is -0.641. The Hall–Kier alpha value is -0.690. The van der Waals surface area contributed by atoms with Gasteiger partial charge in [0.15, 0.2) is 0 Å². The summed E-state index contributed by atoms with van der Waals surface area (Å²) < 4.78 is 34.2. The van der Waals surface area contributed by atoms with Crippen molar-refractivity contribution in [2.24, 2.45) is 0 Å². The summed E-state index contributed by atoms with van der Waals surface area (Å²) in [5, 5.41) is 0.330. The molecule has 1 aromatic carbocycles. The van der Waals surface area contributed by atoms with Crippen molar-refractivity contribution in [2.45, 2.75) is 18.9 Å². The largest absolute Gasteiger partial charge is 0.462 e. The molecule has 0 aliphatic rings. The average molecular weight is 388 g/mol. The van der Waals surface area contributed by atoms with Crippen LogP contribution in [0.1, 0.15) is 22.8 Å². The van der Waals surface area contributed by atoms with Crippen molar-refractivity contribution in [2.75, 3.05) is 6.61 Å². The van der Waals surface area contributed by atoms with Crippen molar-refractivity contribution in [3.05, 3.63) is 27.7 Å². The van der Waals surface area contributed by atoms with E-state index in [1.165, 1.54) is 6.07 Å². The highest BCUT2D eigenvalue weighted by Crippen LogP contribution is 2.30. The first-order valence-corrected chi connectivity index (χ1v) is 6.91. The van der Waals surface area contributed by atoms with Crippen LogP contribution in [0.5, 0.6) is 5.75 Å². The third-order valence-corrected chi connectivity index (χ3v) is 3.27. The number of alkyl halides is 3. The minimum Gasteiger partial charge on any atom is -0.462 e. The van der Waals surface area contributed by atoms with Gasteiger partial charge < -0.3 is 9.47 Å². The van der Waals surface area contributed by atoms with E-state index in [-0.39, 0.29) is 17.9 Å². The number of rotatable bonds is 5. The lowest BCUT2D eigenvalue weighted by atomic mass is 10.1. The second-order valence-corrected chi connectivity index (χ2v) is 4.59. The molecule has 7 heteroatoms. The van der Waals surface area contributed by atoms with Crippen molar-refractivity contribution in [3.8, 4) is 5.75 Å². The predicted octanol–water partition coefficient (Wildman–Crippen LogP) is 4.12. The number of carbonyl (C=O) groups excluding carboxylic acids is 1. The highest BCUT2D eigenvalue weighted by Gasteiger charge is 2.17. The summed E-state index contributed by atoms with van der Waals surface area (Å²) >= 11 is 6.36. The maximum Gasteiger partial charge on any atom is 0.387 e. The lowest BCUT2D eigenvalue weighted by Gasteiger charge is -2.12. The molecule has 0 atom stereocenters. The molecule has 0 aliphatic heterocycles. The van der Waals surface area contributed by atoms with Crippen molar-refractivity contribution < 1.29 is 23.0 Å². The highest BCUT2D eigenvalue weighted by molar-refractivity contribution is 9.10. The Morgan fingerprint density at radius 1 is 1.44 bits per heavy atom. The monoisotopic (exact) mass is 386 g/mol. The molecule has 1 aromatic rings. The summed E-state index contributed by atoms with van der Waals surface area (Å²) in [7, 11) is 0. The Bertz CT molecular complexity index is 439. The lowest BCUT2D eigenvalue weighted by Crippen LogP contribution is -2.09. The van der Waals surface area contributed by atoms with Crippen LogP contribution >= 0.6 is 31.9 Å². The zero-order valence-corrected chi connectivity index (χ0v) is 12.6. The topological polar surface area (TPSA) is 35.5 Å². The van der Waals surface area contributed by atoms with Gasteiger partial charge >= 0.3 is 12.6 Å². The molecule has 0 spiro atoms.